The van der Waals surface area contributed by atoms with Crippen molar-refractivity contribution in [3.05, 3.63) is 0 Å². The lowest BCUT2D eigenvalue weighted by Gasteiger charge is -2.62. The van der Waals surface area contributed by atoms with E-state index in [9.17, 15) is 19.8 Å². The van der Waals surface area contributed by atoms with E-state index in [1.807, 2.05) is 7.11 Å². The summed E-state index contributed by atoms with van der Waals surface area (Å²) in [7, 11) is 1.82. The van der Waals surface area contributed by atoms with Crippen LogP contribution in [0.4, 0.5) is 0 Å². The van der Waals surface area contributed by atoms with Crippen molar-refractivity contribution in [2.45, 2.75) is 154 Å². The van der Waals surface area contributed by atoms with E-state index < -0.39 is 24.2 Å². The van der Waals surface area contributed by atoms with E-state index in [4.69, 9.17) is 14.3 Å². The van der Waals surface area contributed by atoms with Gasteiger partial charge in [-0.15, -0.1) is 0 Å². The molecule has 4 N–H and O–H groups in total. The zero-order valence-electron chi connectivity index (χ0n) is 32.8. The molecule has 0 radical (unpaired) electrons. The van der Waals surface area contributed by atoms with Gasteiger partial charge in [0.1, 0.15) is 12.1 Å². The van der Waals surface area contributed by atoms with Gasteiger partial charge in [0.25, 0.3) is 0 Å². The molecule has 2 aliphatic heterocycles. The molecule has 0 aromatic rings. The average molecular weight is 730 g/mol. The van der Waals surface area contributed by atoms with Crippen LogP contribution in [0.15, 0.2) is 0 Å². The van der Waals surface area contributed by atoms with Crippen molar-refractivity contribution in [1.29, 1.82) is 0 Å². The maximum absolute atomic E-state index is 14.3. The molecule has 15 atom stereocenters. The van der Waals surface area contributed by atoms with Gasteiger partial charge in [0, 0.05) is 44.7 Å². The number of aliphatic hydroxyl groups excluding tert-OH is 2. The third kappa shape index (κ3) is 7.61. The number of rotatable bonds is 12. The first kappa shape index (κ1) is 39.0. The Morgan fingerprint density at radius 2 is 1.77 bits per heavy atom. The quantitative estimate of drug-likeness (QED) is 0.219. The summed E-state index contributed by atoms with van der Waals surface area (Å²) in [6.07, 6.45) is 14.4. The maximum atomic E-state index is 14.3. The minimum Gasteiger partial charge on any atom is -0.394 e. The number of carbonyl (C=O) groups is 2. The number of ether oxygens (including phenoxy) is 2. The van der Waals surface area contributed by atoms with Crippen LogP contribution in [0.1, 0.15) is 118 Å². The van der Waals surface area contributed by atoms with Gasteiger partial charge < -0.3 is 30.3 Å². The van der Waals surface area contributed by atoms with E-state index in [-0.39, 0.29) is 48.5 Å². The lowest BCUT2D eigenvalue weighted by molar-refractivity contribution is -0.193. The molecule has 52 heavy (non-hydrogen) atoms. The monoisotopic (exact) mass is 730 g/mol. The Hall–Kier alpha value is -1.30. The fraction of sp³-hybridized carbons (Fsp3) is 0.952. The van der Waals surface area contributed by atoms with E-state index in [0.29, 0.717) is 47.5 Å². The Morgan fingerprint density at radius 1 is 0.981 bits per heavy atom. The first-order valence-electron chi connectivity index (χ1n) is 21.5. The van der Waals surface area contributed by atoms with Crippen molar-refractivity contribution in [2.24, 2.45) is 64.6 Å². The first-order chi connectivity index (χ1) is 25.0. The van der Waals surface area contributed by atoms with E-state index in [0.717, 1.165) is 70.4 Å². The van der Waals surface area contributed by atoms with Crippen LogP contribution >= 0.6 is 0 Å². The van der Waals surface area contributed by atoms with Gasteiger partial charge in [-0.05, 0) is 105 Å². The zero-order chi connectivity index (χ0) is 36.7. The second kappa shape index (κ2) is 16.4. The topological polar surface area (TPSA) is 130 Å². The van der Waals surface area contributed by atoms with Crippen molar-refractivity contribution < 1.29 is 34.1 Å². The van der Waals surface area contributed by atoms with Crippen molar-refractivity contribution in [3.63, 3.8) is 0 Å². The van der Waals surface area contributed by atoms with Gasteiger partial charge in [0.05, 0.1) is 30.8 Å². The molecule has 8 aliphatic rings. The normalized spacial score (nSPS) is 44.1. The predicted molar refractivity (Wildman–Crippen MR) is 199 cm³/mol. The zero-order valence-corrected chi connectivity index (χ0v) is 32.8. The van der Waals surface area contributed by atoms with Gasteiger partial charge in [0.2, 0.25) is 11.8 Å². The number of carbonyl (C=O) groups excluding carboxylic acids is 2. The summed E-state index contributed by atoms with van der Waals surface area (Å²) in [5.41, 5.74) is 0.322. The molecule has 296 valence electrons. The third-order valence-electron chi connectivity index (χ3n) is 16.1. The first-order valence-corrected chi connectivity index (χ1v) is 21.5. The number of nitrogens with one attached hydrogen (secondary N) is 2. The standard InChI is InChI=1S/C42H71N3O7/c1-24-33-20-30(42(33,3)4)21-34(24)44-41(49)37-36(25(2)47)35(23-46)52-45(37)22-28-12-9-13-31(38(28)50-5)29-18-27-15-17-51-39(27)32(19-29)40(48)43-16-14-26-10-7-6-8-11-26/h24-39,46-47H,6-23H2,1-5H3,(H,43,48)(H,44,49)/t24-,25-,27?,28?,29?,30+,31?,32?,33-,34-,35-,36-,37-,38?,39?/m0/s1. The molecule has 2 saturated heterocycles. The smallest absolute Gasteiger partial charge is 0.240 e. The van der Waals surface area contributed by atoms with Crippen LogP contribution in [0.25, 0.3) is 0 Å². The Balaban J connectivity index is 1.03. The molecular weight excluding hydrogens is 658 g/mol. The molecule has 8 rings (SSSR count). The summed E-state index contributed by atoms with van der Waals surface area (Å²) >= 11 is 0. The summed E-state index contributed by atoms with van der Waals surface area (Å²) in [6, 6.07) is -0.590. The van der Waals surface area contributed by atoms with Gasteiger partial charge in [-0.25, -0.2) is 0 Å². The van der Waals surface area contributed by atoms with Gasteiger partial charge >= 0.3 is 0 Å². The number of hydrogen-bond acceptors (Lipinski definition) is 8. The molecule has 8 fully saturated rings. The molecule has 2 heterocycles. The summed E-state index contributed by atoms with van der Waals surface area (Å²) in [4.78, 5) is 34.5. The Morgan fingerprint density at radius 3 is 2.46 bits per heavy atom. The van der Waals surface area contributed by atoms with Crippen LogP contribution < -0.4 is 10.6 Å². The second-order valence-corrected chi connectivity index (χ2v) is 19.1. The summed E-state index contributed by atoms with van der Waals surface area (Å²) in [5, 5.41) is 29.9. The lowest BCUT2D eigenvalue weighted by Crippen LogP contribution is -2.62. The fourth-order valence-electron chi connectivity index (χ4n) is 13.0. The minimum atomic E-state index is -0.819. The summed E-state index contributed by atoms with van der Waals surface area (Å²) in [5.74, 6) is 2.95. The molecule has 0 spiro atoms. The Bertz CT molecular complexity index is 1230. The second-order valence-electron chi connectivity index (χ2n) is 19.1. The molecule has 0 aromatic heterocycles. The van der Waals surface area contributed by atoms with Crippen LogP contribution in [-0.4, -0.2) is 97.0 Å². The number of nitrogens with zero attached hydrogens (tertiary/aromatic N) is 1. The van der Waals surface area contributed by atoms with Gasteiger partial charge in [-0.1, -0.05) is 59.3 Å². The minimum absolute atomic E-state index is 0.0141. The molecule has 10 nitrogen and oxygen atoms in total. The SMILES string of the molecule is COC1C(CN2O[C@@H](CO)[C@H]([C@H](C)O)[C@H]2C(=O)N[C@H]2C[C@H]3C[C@@H]([C@@H]2C)C3(C)C)CCCC1C1CC2CCOC2C(C(=O)NCCC2CCCCC2)C1. The fourth-order valence-corrected chi connectivity index (χ4v) is 13.0. The molecule has 2 bridgehead atoms. The maximum Gasteiger partial charge on any atom is 0.240 e. The largest absolute Gasteiger partial charge is 0.394 e. The highest BCUT2D eigenvalue weighted by molar-refractivity contribution is 5.83. The lowest BCUT2D eigenvalue weighted by atomic mass is 9.45. The molecule has 6 saturated carbocycles. The van der Waals surface area contributed by atoms with Gasteiger partial charge in [0.15, 0.2) is 0 Å². The van der Waals surface area contributed by atoms with E-state index in [2.05, 4.69) is 31.4 Å². The van der Waals surface area contributed by atoms with E-state index >= 15 is 0 Å². The molecule has 7 unspecified atom stereocenters. The Labute approximate surface area is 313 Å². The van der Waals surface area contributed by atoms with Gasteiger partial charge in [-0.2, -0.15) is 5.06 Å². The number of amides is 2. The van der Waals surface area contributed by atoms with E-state index in [1.54, 1.807) is 12.0 Å². The van der Waals surface area contributed by atoms with Crippen molar-refractivity contribution >= 4 is 11.8 Å². The van der Waals surface area contributed by atoms with Crippen LogP contribution in [0.3, 0.4) is 0 Å². The molecular formula is C42H71N3O7. The highest BCUT2D eigenvalue weighted by atomic mass is 16.7. The number of hydrogen-bond donors (Lipinski definition) is 4. The van der Waals surface area contributed by atoms with Crippen LogP contribution in [0, 0.1) is 64.6 Å². The van der Waals surface area contributed by atoms with Crippen LogP contribution in [-0.2, 0) is 23.9 Å². The Kier molecular flexibility index (Phi) is 12.3. The molecule has 10 heteroatoms. The number of aliphatic hydroxyl groups is 2. The molecule has 2 amide bonds. The molecule has 0 aromatic carbocycles. The summed E-state index contributed by atoms with van der Waals surface area (Å²) in [6.45, 7) is 10.5. The van der Waals surface area contributed by atoms with Crippen molar-refractivity contribution in [1.82, 2.24) is 15.7 Å². The average Bonchev–Trinajstić information content (AvgIpc) is 3.77. The van der Waals surface area contributed by atoms with Crippen LogP contribution in [0.2, 0.25) is 0 Å². The van der Waals surface area contributed by atoms with Crippen molar-refractivity contribution in [3.8, 4) is 0 Å². The third-order valence-corrected chi connectivity index (χ3v) is 16.1. The van der Waals surface area contributed by atoms with Crippen LogP contribution in [0.5, 0.6) is 0 Å². The summed E-state index contributed by atoms with van der Waals surface area (Å²) < 4.78 is 12.7. The highest BCUT2D eigenvalue weighted by Gasteiger charge is 2.58. The van der Waals surface area contributed by atoms with Crippen molar-refractivity contribution in [2.75, 3.05) is 33.4 Å². The highest BCUT2D eigenvalue weighted by Crippen LogP contribution is 2.61. The van der Waals surface area contributed by atoms with Gasteiger partial charge in [-0.3, -0.25) is 14.4 Å². The predicted octanol–water partition coefficient (Wildman–Crippen LogP) is 5.10. The number of methoxy groups -OCH3 is 1. The number of hydroxylamine groups is 2. The number of fused-ring (bicyclic) bond motifs is 3. The van der Waals surface area contributed by atoms with E-state index in [1.165, 1.54) is 38.5 Å². The molecule has 6 aliphatic carbocycles.